The largest absolute Gasteiger partial charge is 0.497 e. The zero-order valence-electron chi connectivity index (χ0n) is 15.8. The number of rotatable bonds is 5. The SMILES string of the molecule is COc1ccc(-c2nc3n(n2)[C@@H](CC(=O)Nc2ccc(C)c(Cl)c2)C(=O)N3)cc1. The number of ether oxygens (including phenoxy) is 1. The summed E-state index contributed by atoms with van der Waals surface area (Å²) in [5.74, 6) is 0.854. The summed E-state index contributed by atoms with van der Waals surface area (Å²) >= 11 is 6.09. The van der Waals surface area contributed by atoms with E-state index in [4.69, 9.17) is 16.3 Å². The van der Waals surface area contributed by atoms with Gasteiger partial charge in [0.15, 0.2) is 5.82 Å². The molecule has 2 heterocycles. The fraction of sp³-hybridized carbons (Fsp3) is 0.200. The highest BCUT2D eigenvalue weighted by Crippen LogP contribution is 2.29. The minimum absolute atomic E-state index is 0.0737. The molecule has 0 bridgehead atoms. The van der Waals surface area contributed by atoms with Crippen molar-refractivity contribution in [3.05, 3.63) is 53.1 Å². The highest BCUT2D eigenvalue weighted by atomic mass is 35.5. The number of aromatic nitrogens is 3. The van der Waals surface area contributed by atoms with Crippen molar-refractivity contribution >= 4 is 35.1 Å². The van der Waals surface area contributed by atoms with Crippen molar-refractivity contribution in [2.24, 2.45) is 0 Å². The quantitative estimate of drug-likeness (QED) is 0.670. The number of aryl methyl sites for hydroxylation is 1. The van der Waals surface area contributed by atoms with Crippen LogP contribution in [-0.4, -0.2) is 33.7 Å². The highest BCUT2D eigenvalue weighted by molar-refractivity contribution is 6.31. The van der Waals surface area contributed by atoms with E-state index >= 15 is 0 Å². The van der Waals surface area contributed by atoms with Crippen LogP contribution in [0.25, 0.3) is 11.4 Å². The van der Waals surface area contributed by atoms with E-state index in [-0.39, 0.29) is 18.2 Å². The van der Waals surface area contributed by atoms with Crippen molar-refractivity contribution in [1.29, 1.82) is 0 Å². The van der Waals surface area contributed by atoms with Gasteiger partial charge in [0.25, 0.3) is 5.91 Å². The van der Waals surface area contributed by atoms with E-state index < -0.39 is 6.04 Å². The van der Waals surface area contributed by atoms with Crippen LogP contribution in [0.1, 0.15) is 18.0 Å². The first-order valence-electron chi connectivity index (χ1n) is 8.92. The van der Waals surface area contributed by atoms with E-state index in [0.29, 0.717) is 22.5 Å². The van der Waals surface area contributed by atoms with Gasteiger partial charge in [0.05, 0.1) is 13.5 Å². The molecule has 0 radical (unpaired) electrons. The number of nitrogens with one attached hydrogen (secondary N) is 2. The predicted molar refractivity (Wildman–Crippen MR) is 109 cm³/mol. The van der Waals surface area contributed by atoms with Crippen LogP contribution in [-0.2, 0) is 9.59 Å². The van der Waals surface area contributed by atoms with E-state index in [1.54, 1.807) is 31.4 Å². The monoisotopic (exact) mass is 411 g/mol. The van der Waals surface area contributed by atoms with Crippen LogP contribution < -0.4 is 15.4 Å². The van der Waals surface area contributed by atoms with Gasteiger partial charge in [-0.05, 0) is 48.9 Å². The van der Waals surface area contributed by atoms with E-state index in [9.17, 15) is 9.59 Å². The Bertz CT molecular complexity index is 1090. The van der Waals surface area contributed by atoms with Gasteiger partial charge in [0, 0.05) is 16.3 Å². The summed E-state index contributed by atoms with van der Waals surface area (Å²) in [6.07, 6.45) is -0.0737. The molecule has 0 saturated heterocycles. The van der Waals surface area contributed by atoms with E-state index in [1.165, 1.54) is 4.68 Å². The summed E-state index contributed by atoms with van der Waals surface area (Å²) in [5, 5.41) is 10.4. The minimum atomic E-state index is -0.773. The molecule has 2 N–H and O–H groups in total. The van der Waals surface area contributed by atoms with Gasteiger partial charge in [0.2, 0.25) is 11.9 Å². The number of hydrogen-bond donors (Lipinski definition) is 2. The second-order valence-corrected chi connectivity index (χ2v) is 7.06. The fourth-order valence-electron chi connectivity index (χ4n) is 3.03. The average Bonchev–Trinajstić information content (AvgIpc) is 3.23. The van der Waals surface area contributed by atoms with Crippen molar-refractivity contribution in [2.75, 3.05) is 17.7 Å². The van der Waals surface area contributed by atoms with Crippen LogP contribution in [0.2, 0.25) is 5.02 Å². The molecule has 0 saturated carbocycles. The van der Waals surface area contributed by atoms with Crippen LogP contribution in [0.4, 0.5) is 11.6 Å². The number of amides is 2. The van der Waals surface area contributed by atoms with Crippen LogP contribution in [0.3, 0.4) is 0 Å². The molecular weight excluding hydrogens is 394 g/mol. The molecule has 0 unspecified atom stereocenters. The van der Waals surface area contributed by atoms with Gasteiger partial charge >= 0.3 is 0 Å². The maximum absolute atomic E-state index is 12.5. The molecule has 2 amide bonds. The lowest BCUT2D eigenvalue weighted by atomic mass is 10.2. The third-order valence-corrected chi connectivity index (χ3v) is 5.05. The first-order valence-corrected chi connectivity index (χ1v) is 9.30. The van der Waals surface area contributed by atoms with Crippen LogP contribution in [0, 0.1) is 6.92 Å². The van der Waals surface area contributed by atoms with E-state index in [2.05, 4.69) is 20.7 Å². The number of fused-ring (bicyclic) bond motifs is 1. The van der Waals surface area contributed by atoms with Crippen molar-refractivity contribution in [3.63, 3.8) is 0 Å². The Kier molecular flexibility index (Phi) is 4.94. The molecule has 3 aromatic rings. The van der Waals surface area contributed by atoms with Crippen LogP contribution in [0.15, 0.2) is 42.5 Å². The summed E-state index contributed by atoms with van der Waals surface area (Å²) in [6, 6.07) is 11.7. The minimum Gasteiger partial charge on any atom is -0.497 e. The molecular formula is C20H18ClN5O3. The van der Waals surface area contributed by atoms with E-state index in [0.717, 1.165) is 16.9 Å². The normalized spacial score (nSPS) is 15.0. The van der Waals surface area contributed by atoms with Gasteiger partial charge in [-0.2, -0.15) is 4.98 Å². The van der Waals surface area contributed by atoms with Crippen molar-refractivity contribution in [2.45, 2.75) is 19.4 Å². The van der Waals surface area contributed by atoms with Crippen LogP contribution in [0.5, 0.6) is 5.75 Å². The Hall–Kier alpha value is -3.39. The standard InChI is InChI=1S/C20H18ClN5O3/c1-11-3-6-13(9-15(11)21)22-17(27)10-16-19(28)24-20-23-18(25-26(16)20)12-4-7-14(29-2)8-5-12/h3-9,16H,10H2,1-2H3,(H,22,27)(H,23,24,25,28)/t16-/m0/s1. The maximum Gasteiger partial charge on any atom is 0.252 e. The van der Waals surface area contributed by atoms with Gasteiger partial charge in [-0.3, -0.25) is 14.9 Å². The Labute approximate surface area is 171 Å². The molecule has 0 aliphatic carbocycles. The molecule has 0 spiro atoms. The molecule has 1 aromatic heterocycles. The zero-order chi connectivity index (χ0) is 20.5. The first kappa shape index (κ1) is 18.9. The lowest BCUT2D eigenvalue weighted by Crippen LogP contribution is -2.23. The lowest BCUT2D eigenvalue weighted by molar-refractivity contribution is -0.123. The number of nitrogens with zero attached hydrogens (tertiary/aromatic N) is 3. The molecule has 148 valence electrons. The molecule has 1 atom stereocenters. The smallest absolute Gasteiger partial charge is 0.252 e. The number of carbonyl (C=O) groups excluding carboxylic acids is 2. The number of methoxy groups -OCH3 is 1. The molecule has 8 nitrogen and oxygen atoms in total. The number of halogens is 1. The molecule has 4 rings (SSSR count). The second kappa shape index (κ2) is 7.56. The lowest BCUT2D eigenvalue weighted by Gasteiger charge is -2.10. The van der Waals surface area contributed by atoms with Crippen molar-refractivity contribution < 1.29 is 14.3 Å². The molecule has 9 heteroatoms. The number of hydrogen-bond acceptors (Lipinski definition) is 5. The number of anilines is 2. The number of benzene rings is 2. The molecule has 1 aliphatic heterocycles. The summed E-state index contributed by atoms with van der Waals surface area (Å²) in [4.78, 5) is 29.1. The van der Waals surface area contributed by atoms with Gasteiger partial charge in [-0.25, -0.2) is 4.68 Å². The van der Waals surface area contributed by atoms with Gasteiger partial charge in [0.1, 0.15) is 11.8 Å². The van der Waals surface area contributed by atoms with Gasteiger partial charge in [-0.1, -0.05) is 17.7 Å². The Balaban J connectivity index is 1.50. The van der Waals surface area contributed by atoms with Gasteiger partial charge < -0.3 is 10.1 Å². The molecule has 2 aromatic carbocycles. The van der Waals surface area contributed by atoms with E-state index in [1.807, 2.05) is 25.1 Å². The fourth-order valence-corrected chi connectivity index (χ4v) is 3.21. The Morgan fingerprint density at radius 2 is 2.03 bits per heavy atom. The zero-order valence-corrected chi connectivity index (χ0v) is 16.5. The Morgan fingerprint density at radius 3 is 2.72 bits per heavy atom. The Morgan fingerprint density at radius 1 is 1.28 bits per heavy atom. The molecule has 29 heavy (non-hydrogen) atoms. The maximum atomic E-state index is 12.5. The average molecular weight is 412 g/mol. The summed E-state index contributed by atoms with van der Waals surface area (Å²) in [7, 11) is 1.59. The first-order chi connectivity index (χ1) is 13.9. The van der Waals surface area contributed by atoms with Crippen molar-refractivity contribution in [3.8, 4) is 17.1 Å². The molecule has 0 fully saturated rings. The summed E-state index contributed by atoms with van der Waals surface area (Å²) in [5.41, 5.74) is 2.26. The molecule has 1 aliphatic rings. The third kappa shape index (κ3) is 3.79. The van der Waals surface area contributed by atoms with Crippen molar-refractivity contribution in [1.82, 2.24) is 14.8 Å². The summed E-state index contributed by atoms with van der Waals surface area (Å²) < 4.78 is 6.60. The predicted octanol–water partition coefficient (Wildman–Crippen LogP) is 3.44. The summed E-state index contributed by atoms with van der Waals surface area (Å²) in [6.45, 7) is 1.88. The topological polar surface area (TPSA) is 98.1 Å². The van der Waals surface area contributed by atoms with Gasteiger partial charge in [-0.15, -0.1) is 5.10 Å². The highest BCUT2D eigenvalue weighted by Gasteiger charge is 2.35. The van der Waals surface area contributed by atoms with Crippen LogP contribution >= 0.6 is 11.6 Å². The number of carbonyl (C=O) groups is 2. The third-order valence-electron chi connectivity index (χ3n) is 4.65. The second-order valence-electron chi connectivity index (χ2n) is 6.65.